The maximum absolute atomic E-state index is 14.2. The number of hydrogen-bond donors (Lipinski definition) is 1. The second kappa shape index (κ2) is 7.34. The van der Waals surface area contributed by atoms with E-state index in [2.05, 4.69) is 5.32 Å². The van der Waals surface area contributed by atoms with E-state index in [0.717, 1.165) is 10.4 Å². The Hall–Kier alpha value is -1.97. The number of alkyl halides is 2. The van der Waals surface area contributed by atoms with Crippen LogP contribution in [-0.4, -0.2) is 34.5 Å². The van der Waals surface area contributed by atoms with E-state index in [1.54, 1.807) is 12.1 Å². The van der Waals surface area contributed by atoms with Crippen LogP contribution in [0, 0.1) is 5.82 Å². The lowest BCUT2D eigenvalue weighted by Gasteiger charge is -2.25. The zero-order valence-corrected chi connectivity index (χ0v) is 15.3. The minimum atomic E-state index is -4.40. The third-order valence-corrected chi connectivity index (χ3v) is 5.50. The number of nitrogens with one attached hydrogen (secondary N) is 1. The summed E-state index contributed by atoms with van der Waals surface area (Å²) >= 11 is 0. The summed E-state index contributed by atoms with van der Waals surface area (Å²) in [4.78, 5) is 0. The first-order valence-corrected chi connectivity index (χ1v) is 8.86. The number of nitrogens with zero attached hydrogens (tertiary/aromatic N) is 2. The highest BCUT2D eigenvalue weighted by Gasteiger charge is 2.46. The zero-order chi connectivity index (χ0) is 18.2. The molecule has 0 fully saturated rings. The highest BCUT2D eigenvalue weighted by atomic mass is 35.5. The lowest BCUT2D eigenvalue weighted by Crippen LogP contribution is -2.46. The molecular weight excluding hydrogens is 391 g/mol. The zero-order valence-electron chi connectivity index (χ0n) is 13.7. The summed E-state index contributed by atoms with van der Waals surface area (Å²) in [5.74, 6) is -4.05. The molecule has 142 valence electrons. The molecular formula is C16H17ClF3N3O2S. The van der Waals surface area contributed by atoms with Crippen LogP contribution in [0.3, 0.4) is 0 Å². The number of hydrogen-bond acceptors (Lipinski definition) is 3. The van der Waals surface area contributed by atoms with E-state index in [1.165, 1.54) is 37.4 Å². The van der Waals surface area contributed by atoms with E-state index >= 15 is 0 Å². The molecule has 5 nitrogen and oxygen atoms in total. The number of anilines is 3. The lowest BCUT2D eigenvalue weighted by atomic mass is 10.2. The summed E-state index contributed by atoms with van der Waals surface area (Å²) in [7, 11) is -3.04. The molecule has 0 saturated carbocycles. The fraction of sp³-hybridized carbons (Fsp3) is 0.250. The van der Waals surface area contributed by atoms with E-state index in [4.69, 9.17) is 0 Å². The first kappa shape index (κ1) is 20.3. The fourth-order valence-electron chi connectivity index (χ4n) is 2.76. The van der Waals surface area contributed by atoms with Gasteiger partial charge in [-0.2, -0.15) is 8.42 Å². The van der Waals surface area contributed by atoms with Crippen molar-refractivity contribution in [3.63, 3.8) is 0 Å². The van der Waals surface area contributed by atoms with Crippen LogP contribution >= 0.6 is 12.4 Å². The second-order valence-corrected chi connectivity index (χ2v) is 7.31. The fourth-order valence-corrected chi connectivity index (χ4v) is 4.51. The first-order valence-electron chi connectivity index (χ1n) is 7.47. The molecule has 0 atom stereocenters. The maximum atomic E-state index is 14.2. The summed E-state index contributed by atoms with van der Waals surface area (Å²) < 4.78 is 69.5. The Morgan fingerprint density at radius 3 is 2.12 bits per heavy atom. The number of benzene rings is 2. The average molecular weight is 408 g/mol. The van der Waals surface area contributed by atoms with Crippen LogP contribution in [0.2, 0.25) is 0 Å². The molecule has 1 N–H and O–H groups in total. The van der Waals surface area contributed by atoms with Gasteiger partial charge in [0.1, 0.15) is 12.4 Å². The number of fused-ring (bicyclic) bond motifs is 1. The second-order valence-electron chi connectivity index (χ2n) is 5.61. The number of halogens is 4. The van der Waals surface area contributed by atoms with Crippen molar-refractivity contribution in [1.82, 2.24) is 5.32 Å². The van der Waals surface area contributed by atoms with Gasteiger partial charge < -0.3 is 5.32 Å². The van der Waals surface area contributed by atoms with Gasteiger partial charge in [0.05, 0.1) is 23.6 Å². The Kier molecular flexibility index (Phi) is 5.74. The predicted octanol–water partition coefficient (Wildman–Crippen LogP) is 3.31. The van der Waals surface area contributed by atoms with Gasteiger partial charge in [-0.3, -0.25) is 0 Å². The average Bonchev–Trinajstić information content (AvgIpc) is 2.75. The highest BCUT2D eigenvalue weighted by molar-refractivity contribution is 7.95. The molecule has 1 aliphatic rings. The quantitative estimate of drug-likeness (QED) is 0.827. The lowest BCUT2D eigenvalue weighted by molar-refractivity contribution is 0.0150. The Labute approximate surface area is 156 Å². The molecule has 0 bridgehead atoms. The van der Waals surface area contributed by atoms with Crippen molar-refractivity contribution in [2.75, 3.05) is 28.7 Å². The molecule has 0 unspecified atom stereocenters. The van der Waals surface area contributed by atoms with E-state index in [0.29, 0.717) is 4.31 Å². The van der Waals surface area contributed by atoms with Crippen molar-refractivity contribution in [3.8, 4) is 0 Å². The van der Waals surface area contributed by atoms with Crippen molar-refractivity contribution in [2.45, 2.75) is 5.92 Å². The van der Waals surface area contributed by atoms with Gasteiger partial charge >= 0.3 is 10.2 Å². The molecule has 1 heterocycles. The van der Waals surface area contributed by atoms with Crippen molar-refractivity contribution in [3.05, 3.63) is 54.3 Å². The van der Waals surface area contributed by atoms with Crippen LogP contribution in [0.1, 0.15) is 0 Å². The molecule has 0 spiro atoms. The van der Waals surface area contributed by atoms with Gasteiger partial charge in [-0.1, -0.05) is 24.3 Å². The molecule has 3 rings (SSSR count). The van der Waals surface area contributed by atoms with Gasteiger partial charge in [0.25, 0.3) is 5.92 Å². The summed E-state index contributed by atoms with van der Waals surface area (Å²) in [6.07, 6.45) is 0. The van der Waals surface area contributed by atoms with Gasteiger partial charge in [-0.05, 0) is 31.3 Å². The number of rotatable bonds is 5. The molecule has 1 aliphatic heterocycles. The first-order chi connectivity index (χ1) is 11.8. The molecule has 2 aromatic rings. The van der Waals surface area contributed by atoms with Gasteiger partial charge in [0.15, 0.2) is 0 Å². The summed E-state index contributed by atoms with van der Waals surface area (Å²) in [6.45, 7) is -1.72. The van der Waals surface area contributed by atoms with Gasteiger partial charge in [0, 0.05) is 0 Å². The molecule has 0 saturated heterocycles. The Bertz CT molecular complexity index is 896. The minimum Gasteiger partial charge on any atom is -0.314 e. The van der Waals surface area contributed by atoms with Crippen LogP contribution in [0.4, 0.5) is 30.2 Å². The summed E-state index contributed by atoms with van der Waals surface area (Å²) in [5, 5.41) is 2.34. The van der Waals surface area contributed by atoms with E-state index in [1.807, 2.05) is 0 Å². The van der Waals surface area contributed by atoms with Crippen LogP contribution in [0.5, 0.6) is 0 Å². The third-order valence-electron chi connectivity index (χ3n) is 3.76. The van der Waals surface area contributed by atoms with Crippen LogP contribution in [0.15, 0.2) is 48.5 Å². The van der Waals surface area contributed by atoms with E-state index < -0.39 is 35.0 Å². The summed E-state index contributed by atoms with van der Waals surface area (Å²) in [5.41, 5.74) is 0.00349. The van der Waals surface area contributed by atoms with Crippen molar-refractivity contribution in [2.24, 2.45) is 0 Å². The van der Waals surface area contributed by atoms with Crippen LogP contribution in [-0.2, 0) is 10.2 Å². The monoisotopic (exact) mass is 407 g/mol. The Morgan fingerprint density at radius 1 is 1.00 bits per heavy atom. The van der Waals surface area contributed by atoms with Gasteiger partial charge in [-0.25, -0.2) is 21.8 Å². The van der Waals surface area contributed by atoms with E-state index in [-0.39, 0.29) is 29.5 Å². The maximum Gasteiger partial charge on any atom is 0.331 e. The van der Waals surface area contributed by atoms with Crippen LogP contribution in [0.25, 0.3) is 0 Å². The van der Waals surface area contributed by atoms with Gasteiger partial charge in [-0.15, -0.1) is 12.4 Å². The molecule has 26 heavy (non-hydrogen) atoms. The Balaban J connectivity index is 0.00000243. The van der Waals surface area contributed by atoms with Crippen molar-refractivity contribution < 1.29 is 21.6 Å². The standard InChI is InChI=1S/C16H16F3N3O2S.ClH/c1-20-10-16(18,19)11-21-14-8-4-5-9-15(14)22(25(21,23)24)13-7-3-2-6-12(13)17;/h2-9,20H,10-11H2,1H3;1H. The minimum absolute atomic E-state index is 0. The normalized spacial score (nSPS) is 15.5. The molecule has 10 heteroatoms. The topological polar surface area (TPSA) is 52.6 Å². The molecule has 0 aliphatic carbocycles. The van der Waals surface area contributed by atoms with Crippen molar-refractivity contribution in [1.29, 1.82) is 0 Å². The summed E-state index contributed by atoms with van der Waals surface area (Å²) in [6, 6.07) is 11.3. The number of para-hydroxylation sites is 3. The third kappa shape index (κ3) is 3.46. The SMILES string of the molecule is CNCC(F)(F)CN1c2ccccc2N(c2ccccc2F)S1(=O)=O.Cl. The van der Waals surface area contributed by atoms with Crippen molar-refractivity contribution >= 4 is 39.7 Å². The van der Waals surface area contributed by atoms with Gasteiger partial charge in [0.2, 0.25) is 0 Å². The predicted molar refractivity (Wildman–Crippen MR) is 97.4 cm³/mol. The Morgan fingerprint density at radius 2 is 1.54 bits per heavy atom. The molecule has 0 radical (unpaired) electrons. The molecule has 0 amide bonds. The van der Waals surface area contributed by atoms with E-state index in [9.17, 15) is 21.6 Å². The highest BCUT2D eigenvalue weighted by Crippen LogP contribution is 2.46. The van der Waals surface area contributed by atoms with Crippen LogP contribution < -0.4 is 13.9 Å². The smallest absolute Gasteiger partial charge is 0.314 e. The largest absolute Gasteiger partial charge is 0.331 e. The molecule has 0 aromatic heterocycles. The molecule has 2 aromatic carbocycles.